The molecule has 1 aromatic carbocycles. The van der Waals surface area contributed by atoms with Gasteiger partial charge in [-0.2, -0.15) is 0 Å². The van der Waals surface area contributed by atoms with Gasteiger partial charge >= 0.3 is 0 Å². The van der Waals surface area contributed by atoms with Crippen LogP contribution in [-0.2, 0) is 14.3 Å². The largest absolute Gasteiger partial charge is 0.497 e. The van der Waals surface area contributed by atoms with E-state index in [0.29, 0.717) is 26.2 Å². The minimum atomic E-state index is -0.357. The molecule has 0 radical (unpaired) electrons. The van der Waals surface area contributed by atoms with E-state index in [1.807, 2.05) is 18.2 Å². The Morgan fingerprint density at radius 1 is 1.25 bits per heavy atom. The normalized spacial score (nSPS) is 23.6. The number of methoxy groups -OCH3 is 1. The third-order valence-corrected chi connectivity index (χ3v) is 3.79. The minimum Gasteiger partial charge on any atom is -0.497 e. The van der Waals surface area contributed by atoms with Crippen molar-refractivity contribution in [3.05, 3.63) is 29.3 Å². The van der Waals surface area contributed by atoms with Crippen molar-refractivity contribution in [1.29, 1.82) is 0 Å². The van der Waals surface area contributed by atoms with Crippen LogP contribution in [0.15, 0.2) is 18.2 Å². The summed E-state index contributed by atoms with van der Waals surface area (Å²) >= 11 is 0. The summed E-state index contributed by atoms with van der Waals surface area (Å²) in [6, 6.07) is 5.89. The highest BCUT2D eigenvalue weighted by Gasteiger charge is 2.29. The number of hydrogen-bond donors (Lipinski definition) is 1. The van der Waals surface area contributed by atoms with E-state index in [2.05, 4.69) is 5.32 Å². The lowest BCUT2D eigenvalue weighted by Gasteiger charge is -2.27. The molecule has 1 aromatic rings. The summed E-state index contributed by atoms with van der Waals surface area (Å²) in [6.07, 6.45) is 1.08. The number of rotatable bonds is 3. The van der Waals surface area contributed by atoms with Crippen molar-refractivity contribution in [2.45, 2.75) is 25.0 Å². The first-order valence-electron chi connectivity index (χ1n) is 6.95. The number of ether oxygens (including phenoxy) is 3. The van der Waals surface area contributed by atoms with Crippen molar-refractivity contribution in [2.24, 2.45) is 0 Å². The first-order chi connectivity index (χ1) is 9.78. The maximum absolute atomic E-state index is 11.4. The Hall–Kier alpha value is -1.59. The molecule has 1 N–H and O–H groups in total. The van der Waals surface area contributed by atoms with Crippen molar-refractivity contribution in [3.63, 3.8) is 0 Å². The average Bonchev–Trinajstić information content (AvgIpc) is 2.94. The standard InChI is InChI=1S/C15H19NO4/c1-18-11-3-4-12(10-7-14(17)16-9-10)13(8-11)15-19-5-2-6-20-15/h3-4,8,10,15H,2,5-7,9H2,1H3,(H,16,17). The van der Waals surface area contributed by atoms with Crippen LogP contribution in [0.1, 0.15) is 36.2 Å². The summed E-state index contributed by atoms with van der Waals surface area (Å²) in [7, 11) is 1.64. The smallest absolute Gasteiger partial charge is 0.220 e. The van der Waals surface area contributed by atoms with E-state index in [4.69, 9.17) is 14.2 Å². The maximum atomic E-state index is 11.4. The lowest BCUT2D eigenvalue weighted by Crippen LogP contribution is -2.20. The Bertz CT molecular complexity index is 497. The lowest BCUT2D eigenvalue weighted by atomic mass is 9.92. The molecule has 3 rings (SSSR count). The van der Waals surface area contributed by atoms with E-state index < -0.39 is 0 Å². The fourth-order valence-corrected chi connectivity index (χ4v) is 2.75. The molecule has 0 bridgehead atoms. The first-order valence-corrected chi connectivity index (χ1v) is 6.95. The maximum Gasteiger partial charge on any atom is 0.220 e. The van der Waals surface area contributed by atoms with Crippen molar-refractivity contribution in [3.8, 4) is 5.75 Å². The summed E-state index contributed by atoms with van der Waals surface area (Å²) in [6.45, 7) is 2.07. The molecule has 2 aliphatic rings. The monoisotopic (exact) mass is 277 g/mol. The molecule has 2 heterocycles. The van der Waals surface area contributed by atoms with Gasteiger partial charge < -0.3 is 19.5 Å². The fourth-order valence-electron chi connectivity index (χ4n) is 2.75. The van der Waals surface area contributed by atoms with Gasteiger partial charge in [-0.05, 0) is 24.1 Å². The minimum absolute atomic E-state index is 0.0993. The van der Waals surface area contributed by atoms with Crippen molar-refractivity contribution < 1.29 is 19.0 Å². The Morgan fingerprint density at radius 3 is 2.70 bits per heavy atom. The van der Waals surface area contributed by atoms with Gasteiger partial charge in [-0.3, -0.25) is 4.79 Å². The Labute approximate surface area is 118 Å². The Morgan fingerprint density at radius 2 is 2.05 bits per heavy atom. The molecule has 0 spiro atoms. The van der Waals surface area contributed by atoms with Crippen LogP contribution in [0.4, 0.5) is 0 Å². The zero-order chi connectivity index (χ0) is 13.9. The van der Waals surface area contributed by atoms with Crippen molar-refractivity contribution >= 4 is 5.91 Å². The van der Waals surface area contributed by atoms with Crippen LogP contribution >= 0.6 is 0 Å². The van der Waals surface area contributed by atoms with Gasteiger partial charge in [-0.1, -0.05) is 6.07 Å². The van der Waals surface area contributed by atoms with Crippen molar-refractivity contribution in [1.82, 2.24) is 5.32 Å². The molecule has 1 unspecified atom stereocenters. The zero-order valence-corrected chi connectivity index (χ0v) is 11.6. The molecule has 2 saturated heterocycles. The third kappa shape index (κ3) is 2.64. The van der Waals surface area contributed by atoms with E-state index in [0.717, 1.165) is 23.3 Å². The second-order valence-corrected chi connectivity index (χ2v) is 5.13. The third-order valence-electron chi connectivity index (χ3n) is 3.79. The molecule has 1 atom stereocenters. The molecule has 0 aliphatic carbocycles. The summed E-state index contributed by atoms with van der Waals surface area (Å²) in [5.74, 6) is 1.05. The molecule has 1 amide bonds. The van der Waals surface area contributed by atoms with Crippen LogP contribution in [-0.4, -0.2) is 32.8 Å². The Kier molecular flexibility index (Phi) is 3.89. The molecule has 5 nitrogen and oxygen atoms in total. The molecule has 0 aromatic heterocycles. The molecule has 0 saturated carbocycles. The van der Waals surface area contributed by atoms with Gasteiger partial charge in [0.15, 0.2) is 6.29 Å². The number of nitrogens with one attached hydrogen (secondary N) is 1. The fraction of sp³-hybridized carbons (Fsp3) is 0.533. The average molecular weight is 277 g/mol. The number of hydrogen-bond acceptors (Lipinski definition) is 4. The summed E-state index contributed by atoms with van der Waals surface area (Å²) in [4.78, 5) is 11.4. The van der Waals surface area contributed by atoms with E-state index in [-0.39, 0.29) is 18.1 Å². The number of carbonyl (C=O) groups excluding carboxylic acids is 1. The molecular weight excluding hydrogens is 258 g/mol. The van der Waals surface area contributed by atoms with Gasteiger partial charge in [0.1, 0.15) is 5.75 Å². The second kappa shape index (κ2) is 5.81. The van der Waals surface area contributed by atoms with Gasteiger partial charge in [-0.25, -0.2) is 0 Å². The highest BCUT2D eigenvalue weighted by Crippen LogP contribution is 2.35. The van der Waals surface area contributed by atoms with E-state index in [9.17, 15) is 4.79 Å². The lowest BCUT2D eigenvalue weighted by molar-refractivity contribution is -0.183. The SMILES string of the molecule is COc1ccc(C2CNC(=O)C2)c(C2OCCCO2)c1. The predicted octanol–water partition coefficient (Wildman–Crippen LogP) is 1.73. The topological polar surface area (TPSA) is 56.8 Å². The zero-order valence-electron chi connectivity index (χ0n) is 11.6. The van der Waals surface area contributed by atoms with Crippen LogP contribution < -0.4 is 10.1 Å². The van der Waals surface area contributed by atoms with Gasteiger partial charge in [-0.15, -0.1) is 0 Å². The molecule has 108 valence electrons. The van der Waals surface area contributed by atoms with Crippen molar-refractivity contribution in [2.75, 3.05) is 26.9 Å². The summed E-state index contributed by atoms with van der Waals surface area (Å²) in [5, 5.41) is 2.88. The first kappa shape index (κ1) is 13.4. The second-order valence-electron chi connectivity index (χ2n) is 5.13. The molecule has 20 heavy (non-hydrogen) atoms. The number of benzene rings is 1. The van der Waals surface area contributed by atoms with Crippen LogP contribution in [0, 0.1) is 0 Å². The van der Waals surface area contributed by atoms with E-state index in [1.54, 1.807) is 7.11 Å². The van der Waals surface area contributed by atoms with Crippen LogP contribution in [0.25, 0.3) is 0 Å². The molecule has 2 aliphatic heterocycles. The highest BCUT2D eigenvalue weighted by atomic mass is 16.7. The molecule has 5 heteroatoms. The van der Waals surface area contributed by atoms with Crippen LogP contribution in [0.5, 0.6) is 5.75 Å². The van der Waals surface area contributed by atoms with E-state index >= 15 is 0 Å². The predicted molar refractivity (Wildman–Crippen MR) is 72.6 cm³/mol. The number of carbonyl (C=O) groups is 1. The van der Waals surface area contributed by atoms with Gasteiger partial charge in [0.25, 0.3) is 0 Å². The Balaban J connectivity index is 1.93. The van der Waals surface area contributed by atoms with Crippen LogP contribution in [0.3, 0.4) is 0 Å². The molecule has 2 fully saturated rings. The molecular formula is C15H19NO4. The highest BCUT2D eigenvalue weighted by molar-refractivity contribution is 5.79. The van der Waals surface area contributed by atoms with Crippen LogP contribution in [0.2, 0.25) is 0 Å². The summed E-state index contributed by atoms with van der Waals surface area (Å²) in [5.41, 5.74) is 2.08. The quantitative estimate of drug-likeness (QED) is 0.914. The summed E-state index contributed by atoms with van der Waals surface area (Å²) < 4.78 is 16.7. The van der Waals surface area contributed by atoms with Gasteiger partial charge in [0, 0.05) is 24.4 Å². The van der Waals surface area contributed by atoms with Gasteiger partial charge in [0.05, 0.1) is 20.3 Å². The number of amides is 1. The van der Waals surface area contributed by atoms with E-state index in [1.165, 1.54) is 0 Å². The van der Waals surface area contributed by atoms with Gasteiger partial charge in [0.2, 0.25) is 5.91 Å².